The van der Waals surface area contributed by atoms with Crippen LogP contribution in [0.25, 0.3) is 10.2 Å². The number of piperazine rings is 1. The molecule has 0 bridgehead atoms. The summed E-state index contributed by atoms with van der Waals surface area (Å²) in [6.07, 6.45) is 2.06. The van der Waals surface area contributed by atoms with Crippen LogP contribution in [0.2, 0.25) is 0 Å². The van der Waals surface area contributed by atoms with Crippen LogP contribution in [0.5, 0.6) is 5.75 Å². The Bertz CT molecular complexity index is 1420. The normalized spacial score (nSPS) is 15.7. The number of aryl methyl sites for hydroxylation is 1. The Hall–Kier alpha value is -2.96. The number of benzene rings is 1. The number of carbonyl (C=O) groups excluding carboxylic acids is 1. The van der Waals surface area contributed by atoms with Crippen LogP contribution in [0, 0.1) is 6.92 Å². The van der Waals surface area contributed by atoms with E-state index in [2.05, 4.69) is 15.2 Å². The van der Waals surface area contributed by atoms with Gasteiger partial charge in [0.15, 0.2) is 0 Å². The number of fused-ring (bicyclic) bond motifs is 1. The van der Waals surface area contributed by atoms with Gasteiger partial charge in [-0.1, -0.05) is 19.1 Å². The van der Waals surface area contributed by atoms with Crippen LogP contribution in [-0.4, -0.2) is 67.5 Å². The lowest BCUT2D eigenvalue weighted by molar-refractivity contribution is -0.122. The van der Waals surface area contributed by atoms with Crippen LogP contribution in [0.3, 0.4) is 0 Å². The number of hydrogen-bond acceptors (Lipinski definition) is 8. The van der Waals surface area contributed by atoms with Crippen molar-refractivity contribution in [1.29, 1.82) is 0 Å². The summed E-state index contributed by atoms with van der Waals surface area (Å²) in [6.45, 7) is 6.79. The quantitative estimate of drug-likeness (QED) is 0.472. The Kier molecular flexibility index (Phi) is 7.67. The number of methoxy groups -OCH3 is 1. The van der Waals surface area contributed by atoms with Crippen LogP contribution >= 0.6 is 11.3 Å². The van der Waals surface area contributed by atoms with Crippen LogP contribution < -0.4 is 20.5 Å². The van der Waals surface area contributed by atoms with Crippen molar-refractivity contribution in [2.75, 3.05) is 38.2 Å². The van der Waals surface area contributed by atoms with Gasteiger partial charge in [-0.15, -0.1) is 11.3 Å². The third-order valence-electron chi connectivity index (χ3n) is 6.40. The molecule has 1 N–H and O–H groups in total. The SMILES string of the molecule is CC[C@@H](C)NC(=O)Cn1cnc2sc(C)c(S(=O)(=O)N3CCN(c4ccccc4OC)CC3)c2c1=O. The van der Waals surface area contributed by atoms with Gasteiger partial charge >= 0.3 is 0 Å². The summed E-state index contributed by atoms with van der Waals surface area (Å²) in [4.78, 5) is 32.9. The fourth-order valence-electron chi connectivity index (χ4n) is 4.30. The lowest BCUT2D eigenvalue weighted by Gasteiger charge is -2.35. The minimum atomic E-state index is -3.96. The highest BCUT2D eigenvalue weighted by Gasteiger charge is 2.34. The summed E-state index contributed by atoms with van der Waals surface area (Å²) in [5, 5.41) is 2.86. The highest BCUT2D eigenvalue weighted by molar-refractivity contribution is 7.89. The van der Waals surface area contributed by atoms with Crippen molar-refractivity contribution in [3.05, 3.63) is 45.8 Å². The molecular formula is C24H31N5O5S2. The van der Waals surface area contributed by atoms with Gasteiger partial charge in [-0.25, -0.2) is 13.4 Å². The Morgan fingerprint density at radius 3 is 2.58 bits per heavy atom. The number of thiophene rings is 1. The predicted molar refractivity (Wildman–Crippen MR) is 140 cm³/mol. The van der Waals surface area contributed by atoms with Crippen LogP contribution in [0.4, 0.5) is 5.69 Å². The topological polar surface area (TPSA) is 114 Å². The lowest BCUT2D eigenvalue weighted by Crippen LogP contribution is -2.49. The van der Waals surface area contributed by atoms with E-state index in [1.165, 1.54) is 26.5 Å². The average molecular weight is 534 g/mol. The number of carbonyl (C=O) groups is 1. The van der Waals surface area contributed by atoms with E-state index in [1.54, 1.807) is 14.0 Å². The van der Waals surface area contributed by atoms with E-state index in [4.69, 9.17) is 4.74 Å². The van der Waals surface area contributed by atoms with Gasteiger partial charge in [-0.3, -0.25) is 14.2 Å². The van der Waals surface area contributed by atoms with Gasteiger partial charge < -0.3 is 15.0 Å². The summed E-state index contributed by atoms with van der Waals surface area (Å²) in [5.41, 5.74) is 0.381. The number of sulfonamides is 1. The highest BCUT2D eigenvalue weighted by atomic mass is 32.2. The molecule has 1 saturated heterocycles. The van der Waals surface area contributed by atoms with Crippen molar-refractivity contribution in [2.45, 2.75) is 44.7 Å². The molecule has 1 aliphatic heterocycles. The molecule has 3 heterocycles. The van der Waals surface area contributed by atoms with Crippen LogP contribution in [0.15, 0.2) is 40.3 Å². The average Bonchev–Trinajstić information content (AvgIpc) is 3.23. The van der Waals surface area contributed by atoms with Gasteiger partial charge in [-0.2, -0.15) is 4.31 Å². The second-order valence-corrected chi connectivity index (χ2v) is 11.9. The van der Waals surface area contributed by atoms with Crippen molar-refractivity contribution in [3.63, 3.8) is 0 Å². The number of rotatable bonds is 8. The Balaban J connectivity index is 1.61. The monoisotopic (exact) mass is 533 g/mol. The van der Waals surface area contributed by atoms with E-state index < -0.39 is 15.6 Å². The van der Waals surface area contributed by atoms with E-state index in [0.29, 0.717) is 22.8 Å². The molecular weight excluding hydrogens is 502 g/mol. The number of nitrogens with zero attached hydrogens (tertiary/aromatic N) is 4. The molecule has 1 fully saturated rings. The largest absolute Gasteiger partial charge is 0.495 e. The smallest absolute Gasteiger partial charge is 0.263 e. The molecule has 10 nitrogen and oxygen atoms in total. The van der Waals surface area contributed by atoms with Crippen LogP contribution in [0.1, 0.15) is 25.1 Å². The zero-order valence-electron chi connectivity index (χ0n) is 20.9. The Labute approximate surface area is 214 Å². The minimum Gasteiger partial charge on any atom is -0.495 e. The van der Waals surface area contributed by atoms with Gasteiger partial charge in [-0.05, 0) is 32.4 Å². The van der Waals surface area contributed by atoms with Gasteiger partial charge in [0.2, 0.25) is 15.9 Å². The molecule has 4 rings (SSSR count). The highest BCUT2D eigenvalue weighted by Crippen LogP contribution is 2.34. The first-order valence-electron chi connectivity index (χ1n) is 11.8. The minimum absolute atomic E-state index is 0.0116. The summed E-state index contributed by atoms with van der Waals surface area (Å²) in [5.74, 6) is 0.411. The molecule has 1 atom stereocenters. The number of nitrogens with one attached hydrogen (secondary N) is 1. The summed E-state index contributed by atoms with van der Waals surface area (Å²) >= 11 is 1.17. The standard InChI is InChI=1S/C24H31N5O5S2/c1-5-16(2)26-20(30)14-28-15-25-23-21(24(28)31)22(17(3)35-23)36(32,33)29-12-10-27(11-13-29)18-8-6-7-9-19(18)34-4/h6-9,15-16H,5,10-14H2,1-4H3,(H,26,30)/t16-/m1/s1. The third-order valence-corrected chi connectivity index (χ3v) is 9.61. The molecule has 36 heavy (non-hydrogen) atoms. The maximum Gasteiger partial charge on any atom is 0.263 e. The third kappa shape index (κ3) is 4.97. The van der Waals surface area contributed by atoms with E-state index in [1.807, 2.05) is 38.1 Å². The molecule has 194 valence electrons. The van der Waals surface area contributed by atoms with Crippen molar-refractivity contribution < 1.29 is 17.9 Å². The first kappa shape index (κ1) is 26.1. The summed E-state index contributed by atoms with van der Waals surface area (Å²) in [7, 11) is -2.35. The van der Waals surface area contributed by atoms with E-state index >= 15 is 0 Å². The number of anilines is 1. The van der Waals surface area contributed by atoms with Crippen LogP contribution in [-0.2, 0) is 21.4 Å². The fraction of sp³-hybridized carbons (Fsp3) is 0.458. The molecule has 0 saturated carbocycles. The van der Waals surface area contributed by atoms with Gasteiger partial charge in [0.25, 0.3) is 5.56 Å². The number of ether oxygens (including phenoxy) is 1. The zero-order valence-corrected chi connectivity index (χ0v) is 22.5. The number of aromatic nitrogens is 2. The van der Waals surface area contributed by atoms with Gasteiger partial charge in [0.05, 0.1) is 24.5 Å². The maximum atomic E-state index is 13.8. The summed E-state index contributed by atoms with van der Waals surface area (Å²) < 4.78 is 35.5. The maximum absolute atomic E-state index is 13.8. The second kappa shape index (κ2) is 10.6. The molecule has 0 spiro atoms. The van der Waals surface area contributed by atoms with E-state index in [-0.39, 0.29) is 41.9 Å². The van der Waals surface area contributed by atoms with Gasteiger partial charge in [0, 0.05) is 37.1 Å². The molecule has 2 aromatic heterocycles. The first-order valence-corrected chi connectivity index (χ1v) is 14.1. The predicted octanol–water partition coefficient (Wildman–Crippen LogP) is 2.20. The number of para-hydroxylation sites is 2. The molecule has 3 aromatic rings. The summed E-state index contributed by atoms with van der Waals surface area (Å²) in [6, 6.07) is 7.61. The van der Waals surface area contributed by atoms with Crippen molar-refractivity contribution in [3.8, 4) is 5.75 Å². The molecule has 1 aliphatic rings. The van der Waals surface area contributed by atoms with E-state index in [0.717, 1.165) is 17.9 Å². The Morgan fingerprint density at radius 1 is 1.22 bits per heavy atom. The lowest BCUT2D eigenvalue weighted by atomic mass is 10.2. The number of hydrogen-bond donors (Lipinski definition) is 1. The fourth-order valence-corrected chi connectivity index (χ4v) is 7.39. The van der Waals surface area contributed by atoms with Gasteiger partial charge in [0.1, 0.15) is 22.0 Å². The molecule has 12 heteroatoms. The molecule has 1 aromatic carbocycles. The molecule has 0 aliphatic carbocycles. The van der Waals surface area contributed by atoms with Crippen molar-refractivity contribution >= 4 is 43.2 Å². The van der Waals surface area contributed by atoms with Crippen molar-refractivity contribution in [1.82, 2.24) is 19.2 Å². The number of amides is 1. The van der Waals surface area contributed by atoms with E-state index in [9.17, 15) is 18.0 Å². The second-order valence-electron chi connectivity index (χ2n) is 8.78. The Morgan fingerprint density at radius 2 is 1.92 bits per heavy atom. The molecule has 0 radical (unpaired) electrons. The molecule has 1 amide bonds. The molecule has 0 unspecified atom stereocenters. The zero-order chi connectivity index (χ0) is 26.0. The first-order chi connectivity index (χ1) is 17.2. The van der Waals surface area contributed by atoms with Crippen molar-refractivity contribution in [2.24, 2.45) is 0 Å².